The van der Waals surface area contributed by atoms with Crippen molar-refractivity contribution in [2.75, 3.05) is 13.1 Å². The van der Waals surface area contributed by atoms with Gasteiger partial charge in [0.1, 0.15) is 0 Å². The molecule has 0 radical (unpaired) electrons. The maximum Gasteiger partial charge on any atom is 0.0638 e. The molecule has 2 fully saturated rings. The van der Waals surface area contributed by atoms with Crippen LogP contribution in [-0.4, -0.2) is 36.1 Å². The Morgan fingerprint density at radius 2 is 2.18 bits per heavy atom. The Kier molecular flexibility index (Phi) is 4.82. The van der Waals surface area contributed by atoms with Crippen LogP contribution in [0.3, 0.4) is 0 Å². The van der Waals surface area contributed by atoms with Crippen LogP contribution in [0.5, 0.6) is 0 Å². The van der Waals surface area contributed by atoms with Crippen molar-refractivity contribution in [2.45, 2.75) is 70.0 Å². The first kappa shape index (κ1) is 12.9. The Hall–Kier alpha value is -0.590. The molecule has 17 heavy (non-hydrogen) atoms. The van der Waals surface area contributed by atoms with Gasteiger partial charge in [-0.2, -0.15) is 5.26 Å². The number of hydrogen-bond donors (Lipinski definition) is 1. The smallest absolute Gasteiger partial charge is 0.0638 e. The van der Waals surface area contributed by atoms with Gasteiger partial charge < -0.3 is 5.32 Å². The van der Waals surface area contributed by atoms with Gasteiger partial charge in [0.2, 0.25) is 0 Å². The van der Waals surface area contributed by atoms with E-state index in [0.29, 0.717) is 18.5 Å². The van der Waals surface area contributed by atoms with Crippen LogP contribution in [0, 0.1) is 11.3 Å². The summed E-state index contributed by atoms with van der Waals surface area (Å²) < 4.78 is 0. The summed E-state index contributed by atoms with van der Waals surface area (Å²) in [6, 6.07) is 4.28. The normalized spacial score (nSPS) is 26.8. The molecular weight excluding hydrogens is 210 g/mol. The first-order valence-electron chi connectivity index (χ1n) is 7.21. The molecule has 1 saturated heterocycles. The molecule has 0 aromatic carbocycles. The van der Waals surface area contributed by atoms with Crippen molar-refractivity contribution in [1.82, 2.24) is 10.2 Å². The summed E-state index contributed by atoms with van der Waals surface area (Å²) in [4.78, 5) is 2.62. The Bertz CT molecular complexity index is 261. The minimum atomic E-state index is 0.483. The first-order valence-corrected chi connectivity index (χ1v) is 7.21. The van der Waals surface area contributed by atoms with Crippen molar-refractivity contribution in [3.8, 4) is 6.07 Å². The van der Waals surface area contributed by atoms with E-state index < -0.39 is 0 Å². The number of nitrogens with one attached hydrogen (secondary N) is 1. The molecule has 0 bridgehead atoms. The second kappa shape index (κ2) is 6.37. The molecule has 2 atom stereocenters. The van der Waals surface area contributed by atoms with Gasteiger partial charge >= 0.3 is 0 Å². The van der Waals surface area contributed by atoms with Crippen LogP contribution in [-0.2, 0) is 0 Å². The summed E-state index contributed by atoms with van der Waals surface area (Å²) in [6.45, 7) is 4.55. The molecule has 3 heteroatoms. The third kappa shape index (κ3) is 3.69. The molecular formula is C14H25N3. The standard InChI is InChI=1S/C14H25N3/c1-2-13(8-9-15)17(14-6-7-14)11-12-5-3-4-10-16-12/h12-14,16H,2-8,10-11H2,1H3. The molecule has 0 aromatic heterocycles. The fourth-order valence-electron chi connectivity index (χ4n) is 2.94. The van der Waals surface area contributed by atoms with Crippen molar-refractivity contribution in [2.24, 2.45) is 0 Å². The summed E-state index contributed by atoms with van der Waals surface area (Å²) in [7, 11) is 0. The van der Waals surface area contributed by atoms with Crippen molar-refractivity contribution in [3.63, 3.8) is 0 Å². The quantitative estimate of drug-likeness (QED) is 0.767. The maximum atomic E-state index is 8.93. The lowest BCUT2D eigenvalue weighted by Gasteiger charge is -2.35. The van der Waals surface area contributed by atoms with E-state index in [0.717, 1.165) is 19.0 Å². The summed E-state index contributed by atoms with van der Waals surface area (Å²) in [5.41, 5.74) is 0. The van der Waals surface area contributed by atoms with Gasteiger partial charge in [-0.05, 0) is 38.6 Å². The first-order chi connectivity index (χ1) is 8.35. The Labute approximate surface area is 105 Å². The fraction of sp³-hybridized carbons (Fsp3) is 0.929. The van der Waals surface area contributed by atoms with E-state index in [9.17, 15) is 0 Å². The third-order valence-corrected chi connectivity index (χ3v) is 4.13. The van der Waals surface area contributed by atoms with E-state index in [4.69, 9.17) is 5.26 Å². The van der Waals surface area contributed by atoms with E-state index in [1.54, 1.807) is 0 Å². The number of hydrogen-bond acceptors (Lipinski definition) is 3. The molecule has 0 amide bonds. The number of piperidine rings is 1. The van der Waals surface area contributed by atoms with Crippen LogP contribution >= 0.6 is 0 Å². The van der Waals surface area contributed by atoms with Gasteiger partial charge in [0.25, 0.3) is 0 Å². The third-order valence-electron chi connectivity index (χ3n) is 4.13. The number of rotatable bonds is 6. The molecule has 1 aliphatic heterocycles. The van der Waals surface area contributed by atoms with Crippen molar-refractivity contribution in [3.05, 3.63) is 0 Å². The molecule has 96 valence electrons. The predicted molar refractivity (Wildman–Crippen MR) is 69.7 cm³/mol. The van der Waals surface area contributed by atoms with Gasteiger partial charge in [-0.1, -0.05) is 13.3 Å². The highest BCUT2D eigenvalue weighted by Gasteiger charge is 2.34. The van der Waals surface area contributed by atoms with Crippen LogP contribution in [0.4, 0.5) is 0 Å². The lowest BCUT2D eigenvalue weighted by molar-refractivity contribution is 0.154. The fourth-order valence-corrected chi connectivity index (χ4v) is 2.94. The molecule has 2 aliphatic rings. The Morgan fingerprint density at radius 3 is 2.71 bits per heavy atom. The van der Waals surface area contributed by atoms with E-state index in [1.165, 1.54) is 38.6 Å². The van der Waals surface area contributed by atoms with Gasteiger partial charge in [-0.25, -0.2) is 0 Å². The second-order valence-electron chi connectivity index (χ2n) is 5.50. The summed E-state index contributed by atoms with van der Waals surface area (Å²) >= 11 is 0. The predicted octanol–water partition coefficient (Wildman–Crippen LogP) is 2.29. The van der Waals surface area contributed by atoms with Crippen molar-refractivity contribution >= 4 is 0 Å². The molecule has 3 nitrogen and oxygen atoms in total. The molecule has 2 rings (SSSR count). The SMILES string of the molecule is CCC(CC#N)N(CC1CCCCN1)C1CC1. The lowest BCUT2D eigenvalue weighted by Crippen LogP contribution is -2.48. The molecule has 1 aliphatic carbocycles. The zero-order valence-electron chi connectivity index (χ0n) is 11.0. The van der Waals surface area contributed by atoms with E-state index >= 15 is 0 Å². The van der Waals surface area contributed by atoms with Crippen LogP contribution in [0.15, 0.2) is 0 Å². The van der Waals surface area contributed by atoms with Gasteiger partial charge in [-0.3, -0.25) is 4.90 Å². The number of nitriles is 1. The molecule has 1 saturated carbocycles. The summed E-state index contributed by atoms with van der Waals surface area (Å²) in [5, 5.41) is 12.6. The Morgan fingerprint density at radius 1 is 1.35 bits per heavy atom. The van der Waals surface area contributed by atoms with Crippen molar-refractivity contribution in [1.29, 1.82) is 5.26 Å². The summed E-state index contributed by atoms with van der Waals surface area (Å²) in [6.07, 6.45) is 8.49. The zero-order valence-corrected chi connectivity index (χ0v) is 11.0. The van der Waals surface area contributed by atoms with Gasteiger partial charge in [0.15, 0.2) is 0 Å². The van der Waals surface area contributed by atoms with Gasteiger partial charge in [-0.15, -0.1) is 0 Å². The Balaban J connectivity index is 1.89. The summed E-state index contributed by atoms with van der Waals surface area (Å²) in [5.74, 6) is 0. The molecule has 0 aromatic rings. The highest BCUT2D eigenvalue weighted by Crippen LogP contribution is 2.31. The molecule has 1 N–H and O–H groups in total. The molecule has 1 heterocycles. The average Bonchev–Trinajstić information content (AvgIpc) is 3.19. The molecule has 0 spiro atoms. The van der Waals surface area contributed by atoms with E-state index in [-0.39, 0.29) is 0 Å². The largest absolute Gasteiger partial charge is 0.313 e. The minimum absolute atomic E-state index is 0.483. The minimum Gasteiger partial charge on any atom is -0.313 e. The maximum absolute atomic E-state index is 8.93. The highest BCUT2D eigenvalue weighted by molar-refractivity contribution is 4.94. The van der Waals surface area contributed by atoms with E-state index in [1.807, 2.05) is 0 Å². The van der Waals surface area contributed by atoms with E-state index in [2.05, 4.69) is 23.2 Å². The highest BCUT2D eigenvalue weighted by atomic mass is 15.2. The van der Waals surface area contributed by atoms with Crippen LogP contribution in [0.1, 0.15) is 51.9 Å². The van der Waals surface area contributed by atoms with Gasteiger partial charge in [0.05, 0.1) is 12.5 Å². The topological polar surface area (TPSA) is 39.1 Å². The van der Waals surface area contributed by atoms with Crippen molar-refractivity contribution < 1.29 is 0 Å². The van der Waals surface area contributed by atoms with Crippen LogP contribution in [0.2, 0.25) is 0 Å². The monoisotopic (exact) mass is 235 g/mol. The van der Waals surface area contributed by atoms with Gasteiger partial charge in [0, 0.05) is 24.7 Å². The van der Waals surface area contributed by atoms with Crippen LogP contribution < -0.4 is 5.32 Å². The molecule has 2 unspecified atom stereocenters. The average molecular weight is 235 g/mol. The second-order valence-corrected chi connectivity index (χ2v) is 5.50. The lowest BCUT2D eigenvalue weighted by atomic mass is 10.0. The van der Waals surface area contributed by atoms with Crippen LogP contribution in [0.25, 0.3) is 0 Å². The number of nitrogens with zero attached hydrogens (tertiary/aromatic N) is 2. The zero-order chi connectivity index (χ0) is 12.1.